The van der Waals surface area contributed by atoms with Crippen molar-refractivity contribution in [3.8, 4) is 5.75 Å². The van der Waals surface area contributed by atoms with Crippen LogP contribution in [0.1, 0.15) is 91.1 Å². The van der Waals surface area contributed by atoms with Crippen LogP contribution in [0.25, 0.3) is 0 Å². The number of hydrogen-bond acceptors (Lipinski definition) is 7. The average molecular weight is 789 g/mol. The number of para-hydroxylation sites is 1. The van der Waals surface area contributed by atoms with E-state index >= 15 is 14.4 Å². The van der Waals surface area contributed by atoms with Crippen molar-refractivity contribution >= 4 is 29.5 Å². The number of nitrogens with one attached hydrogen (secondary N) is 1. The number of ether oxygens (including phenoxy) is 1. The summed E-state index contributed by atoms with van der Waals surface area (Å²) in [6, 6.07) is 38.7. The number of imide groups is 1. The number of cyclic esters (lactones) is 1. The zero-order valence-corrected chi connectivity index (χ0v) is 33.0. The summed E-state index contributed by atoms with van der Waals surface area (Å²) in [5.41, 5.74) is 2.13. The largest absolute Gasteiger partial charge is 0.508 e. The van der Waals surface area contributed by atoms with Crippen LogP contribution in [0.2, 0.25) is 0 Å². The molecular formula is C49H48N4O6. The minimum absolute atomic E-state index is 0.0273. The Balaban J connectivity index is 1.30. The highest BCUT2D eigenvalue weighted by molar-refractivity contribution is 6.24. The van der Waals surface area contributed by atoms with Gasteiger partial charge in [0, 0.05) is 13.1 Å². The number of amides is 4. The third-order valence-corrected chi connectivity index (χ3v) is 12.9. The molecule has 59 heavy (non-hydrogen) atoms. The van der Waals surface area contributed by atoms with E-state index in [4.69, 9.17) is 4.74 Å². The average Bonchev–Trinajstić information content (AvgIpc) is 3.71. The first-order valence-electron chi connectivity index (χ1n) is 20.8. The molecule has 5 aromatic rings. The Labute approximate surface area is 344 Å². The maximum absolute atomic E-state index is 16.2. The number of carbonyl (C=O) groups is 4. The van der Waals surface area contributed by atoms with Crippen LogP contribution in [0, 0.1) is 5.92 Å². The third-order valence-electron chi connectivity index (χ3n) is 12.9. The zero-order chi connectivity index (χ0) is 40.7. The van der Waals surface area contributed by atoms with E-state index in [0.29, 0.717) is 29.9 Å². The van der Waals surface area contributed by atoms with E-state index in [1.54, 1.807) is 36.4 Å². The number of aromatic hydroxyl groups is 1. The van der Waals surface area contributed by atoms with E-state index in [9.17, 15) is 9.90 Å². The van der Waals surface area contributed by atoms with Gasteiger partial charge in [0.1, 0.15) is 23.3 Å². The van der Waals surface area contributed by atoms with Crippen molar-refractivity contribution < 1.29 is 29.0 Å². The number of hydrogen-bond donors (Lipinski definition) is 2. The molecule has 4 heterocycles. The molecular weight excluding hydrogens is 741 g/mol. The van der Waals surface area contributed by atoms with Gasteiger partial charge in [-0.25, -0.2) is 9.69 Å². The van der Waals surface area contributed by atoms with Crippen molar-refractivity contribution in [2.75, 3.05) is 18.0 Å². The number of phenols is 1. The summed E-state index contributed by atoms with van der Waals surface area (Å²) in [6.45, 7) is 2.84. The molecule has 1 spiro atoms. The number of fused-ring (bicyclic) bond motifs is 3. The minimum atomic E-state index is -1.79. The first-order valence-corrected chi connectivity index (χ1v) is 20.8. The summed E-state index contributed by atoms with van der Waals surface area (Å²) >= 11 is 0. The highest BCUT2D eigenvalue weighted by Gasteiger charge is 2.76. The molecule has 4 amide bonds. The fourth-order valence-corrected chi connectivity index (χ4v) is 10.2. The second-order valence-electron chi connectivity index (χ2n) is 16.2. The molecule has 3 saturated heterocycles. The van der Waals surface area contributed by atoms with Crippen molar-refractivity contribution in [1.29, 1.82) is 0 Å². The molecule has 3 fully saturated rings. The highest BCUT2D eigenvalue weighted by Crippen LogP contribution is 2.66. The zero-order valence-electron chi connectivity index (χ0n) is 33.0. The van der Waals surface area contributed by atoms with Crippen LogP contribution >= 0.6 is 0 Å². The maximum Gasteiger partial charge on any atom is 0.329 e. The molecule has 2 N–H and O–H groups in total. The van der Waals surface area contributed by atoms with Gasteiger partial charge < -0.3 is 20.1 Å². The molecule has 5 aromatic carbocycles. The number of urea groups is 1. The summed E-state index contributed by atoms with van der Waals surface area (Å²) in [6.07, 6.45) is 3.80. The minimum Gasteiger partial charge on any atom is -0.508 e. The number of esters is 1. The van der Waals surface area contributed by atoms with E-state index in [0.717, 1.165) is 48.8 Å². The molecule has 10 nitrogen and oxygen atoms in total. The first-order chi connectivity index (χ1) is 28.8. The monoisotopic (exact) mass is 788 g/mol. The Morgan fingerprint density at radius 3 is 1.93 bits per heavy atom. The number of benzene rings is 5. The van der Waals surface area contributed by atoms with E-state index in [1.807, 2.05) is 120 Å². The van der Waals surface area contributed by atoms with Crippen molar-refractivity contribution in [2.45, 2.75) is 74.7 Å². The molecule has 0 saturated carbocycles. The van der Waals surface area contributed by atoms with E-state index in [2.05, 4.69) is 5.32 Å². The van der Waals surface area contributed by atoms with Crippen LogP contribution in [-0.2, 0) is 24.5 Å². The van der Waals surface area contributed by atoms with Gasteiger partial charge >= 0.3 is 12.0 Å². The molecule has 0 bridgehead atoms. The molecule has 4 aliphatic heterocycles. The fraction of sp³-hybridized carbons (Fsp3) is 0.306. The van der Waals surface area contributed by atoms with Gasteiger partial charge in [-0.1, -0.05) is 141 Å². The number of nitrogens with zero attached hydrogens (tertiary/aromatic N) is 3. The predicted octanol–water partition coefficient (Wildman–Crippen LogP) is 8.32. The second kappa shape index (κ2) is 15.8. The van der Waals surface area contributed by atoms with Gasteiger partial charge in [-0.15, -0.1) is 0 Å². The Kier molecular flexibility index (Phi) is 10.3. The number of phenolic OH excluding ortho intramolecular Hbond substituents is 1. The van der Waals surface area contributed by atoms with E-state index < -0.39 is 59.5 Å². The lowest BCUT2D eigenvalue weighted by Crippen LogP contribution is -2.57. The lowest BCUT2D eigenvalue weighted by Gasteiger charge is -2.46. The van der Waals surface area contributed by atoms with Gasteiger partial charge in [0.15, 0.2) is 0 Å². The smallest absolute Gasteiger partial charge is 0.329 e. The van der Waals surface area contributed by atoms with Crippen molar-refractivity contribution in [3.63, 3.8) is 0 Å². The molecule has 10 heteroatoms. The summed E-state index contributed by atoms with van der Waals surface area (Å²) in [7, 11) is 0. The molecule has 0 aromatic heterocycles. The normalized spacial score (nSPS) is 26.0. The van der Waals surface area contributed by atoms with Gasteiger partial charge in [-0.3, -0.25) is 19.3 Å². The van der Waals surface area contributed by atoms with Crippen molar-refractivity contribution in [1.82, 2.24) is 15.1 Å². The Morgan fingerprint density at radius 1 is 0.695 bits per heavy atom. The molecule has 300 valence electrons. The topological polar surface area (TPSA) is 119 Å². The molecule has 0 unspecified atom stereocenters. The van der Waals surface area contributed by atoms with Gasteiger partial charge in [0.05, 0.1) is 29.7 Å². The molecule has 0 radical (unpaired) electrons. The van der Waals surface area contributed by atoms with Crippen LogP contribution in [-0.4, -0.2) is 57.9 Å². The van der Waals surface area contributed by atoms with Crippen LogP contribution in [0.3, 0.4) is 0 Å². The first kappa shape index (κ1) is 38.3. The molecule has 4 aliphatic rings. The number of rotatable bonds is 6. The number of morpholine rings is 1. The Bertz CT molecular complexity index is 2330. The Morgan fingerprint density at radius 2 is 1.27 bits per heavy atom. The number of likely N-dealkylation sites (tertiary alicyclic amines) is 1. The van der Waals surface area contributed by atoms with Crippen molar-refractivity contribution in [3.05, 3.63) is 167 Å². The van der Waals surface area contributed by atoms with Crippen LogP contribution < -0.4 is 10.2 Å². The van der Waals surface area contributed by atoms with E-state index in [1.165, 1.54) is 4.90 Å². The summed E-state index contributed by atoms with van der Waals surface area (Å²) in [5.74, 6) is -2.77. The predicted molar refractivity (Wildman–Crippen MR) is 223 cm³/mol. The lowest BCUT2D eigenvalue weighted by atomic mass is 9.65. The number of carbonyl (C=O) groups excluding carboxylic acids is 4. The van der Waals surface area contributed by atoms with Gasteiger partial charge in [-0.2, -0.15) is 0 Å². The quantitative estimate of drug-likeness (QED) is 0.166. The maximum atomic E-state index is 16.2. The number of anilines is 1. The summed E-state index contributed by atoms with van der Waals surface area (Å²) < 4.78 is 6.58. The lowest BCUT2D eigenvalue weighted by molar-refractivity contribution is -0.179. The summed E-state index contributed by atoms with van der Waals surface area (Å²) in [4.78, 5) is 67.1. The van der Waals surface area contributed by atoms with Gasteiger partial charge in [0.2, 0.25) is 11.8 Å². The van der Waals surface area contributed by atoms with Crippen LogP contribution in [0.5, 0.6) is 5.75 Å². The fourth-order valence-electron chi connectivity index (χ4n) is 10.2. The van der Waals surface area contributed by atoms with Crippen molar-refractivity contribution in [2.24, 2.45) is 5.92 Å². The van der Waals surface area contributed by atoms with Gasteiger partial charge in [-0.05, 0) is 65.8 Å². The Hall–Kier alpha value is -6.26. The SMILES string of the molecule is C[C@@H](NC(=O)N1C(=O)[C@@]2(c3ccccc31)[C@H](C(=O)N1CCCCCCC1)[C@H]1C(=O)O[C@H](c3ccccc3)[C@H](c3ccccc3)N1[C@@H]2c1ccc(O)cc1)c1ccccc1. The van der Waals surface area contributed by atoms with Gasteiger partial charge in [0.25, 0.3) is 0 Å². The highest BCUT2D eigenvalue weighted by atomic mass is 16.6. The standard InChI is InChI=1S/C49H48N4O6/c1-32(33-18-8-5-9-19-33)50-48(58)52-39-25-15-14-24-38(39)49(47(52)57)40(45(55)51-30-16-3-2-4-17-31-51)42-46(56)59-43(35-22-12-7-13-23-35)41(34-20-10-6-11-21-34)53(42)44(49)36-26-28-37(54)29-27-36/h5-15,18-29,32,40-44,54H,2-4,16-17,30-31H2,1H3,(H,50,58)/t32-,40+,41+,42+,43-,44-,49+/m1/s1. The van der Waals surface area contributed by atoms with Crippen LogP contribution in [0.4, 0.5) is 10.5 Å². The summed E-state index contributed by atoms with van der Waals surface area (Å²) in [5, 5.41) is 13.7. The molecule has 9 rings (SSSR count). The van der Waals surface area contributed by atoms with E-state index in [-0.39, 0.29) is 11.7 Å². The molecule has 7 atom stereocenters. The molecule has 0 aliphatic carbocycles. The second-order valence-corrected chi connectivity index (χ2v) is 16.2. The third kappa shape index (κ3) is 6.46. The van der Waals surface area contributed by atoms with Crippen LogP contribution in [0.15, 0.2) is 140 Å².